The molecule has 2 saturated carbocycles. The van der Waals surface area contributed by atoms with Crippen molar-refractivity contribution < 1.29 is 0 Å². The van der Waals surface area contributed by atoms with Gasteiger partial charge in [-0.2, -0.15) is 0 Å². The van der Waals surface area contributed by atoms with Crippen molar-refractivity contribution in [3.05, 3.63) is 0 Å². The summed E-state index contributed by atoms with van der Waals surface area (Å²) in [5.74, 6) is 1.91. The first-order valence-corrected chi connectivity index (χ1v) is 7.05. The summed E-state index contributed by atoms with van der Waals surface area (Å²) in [7, 11) is 2.28. The fourth-order valence-electron chi connectivity index (χ4n) is 3.00. The third-order valence-electron chi connectivity index (χ3n) is 5.07. The van der Waals surface area contributed by atoms with Crippen LogP contribution in [-0.2, 0) is 0 Å². The number of rotatable bonds is 6. The van der Waals surface area contributed by atoms with Crippen LogP contribution in [0, 0.1) is 11.8 Å². The number of hydrogen-bond donors (Lipinski definition) is 1. The molecule has 1 unspecified atom stereocenters. The van der Waals surface area contributed by atoms with Gasteiger partial charge >= 0.3 is 0 Å². The Bertz CT molecular complexity index is 221. The Kier molecular flexibility index (Phi) is 3.91. The van der Waals surface area contributed by atoms with Gasteiger partial charge in [-0.15, -0.1) is 0 Å². The van der Waals surface area contributed by atoms with Crippen LogP contribution in [0.3, 0.4) is 0 Å². The fourth-order valence-corrected chi connectivity index (χ4v) is 3.00. The normalized spacial score (nSPS) is 26.2. The molecule has 0 amide bonds. The minimum absolute atomic E-state index is 0.251. The standard InChI is InChI=1S/C14H28N2/c1-14(11-15,9-12-5-3-6-12)16(2)10-13-7-4-8-13/h12-13H,3-11,15H2,1-2H3. The average Bonchev–Trinajstić information content (AvgIpc) is 2.16. The zero-order chi connectivity index (χ0) is 11.6. The monoisotopic (exact) mass is 224 g/mol. The van der Waals surface area contributed by atoms with Gasteiger partial charge in [0.25, 0.3) is 0 Å². The van der Waals surface area contributed by atoms with E-state index in [0.29, 0.717) is 0 Å². The van der Waals surface area contributed by atoms with Gasteiger partial charge < -0.3 is 5.73 Å². The number of hydrogen-bond acceptors (Lipinski definition) is 2. The van der Waals surface area contributed by atoms with Crippen molar-refractivity contribution in [2.45, 2.75) is 57.4 Å². The van der Waals surface area contributed by atoms with E-state index >= 15 is 0 Å². The first-order chi connectivity index (χ1) is 7.64. The van der Waals surface area contributed by atoms with Gasteiger partial charge in [-0.1, -0.05) is 25.7 Å². The maximum Gasteiger partial charge on any atom is 0.0303 e. The van der Waals surface area contributed by atoms with Crippen LogP contribution in [-0.4, -0.2) is 30.6 Å². The zero-order valence-corrected chi connectivity index (χ0v) is 11.0. The molecular formula is C14H28N2. The molecule has 2 fully saturated rings. The first kappa shape index (κ1) is 12.4. The van der Waals surface area contributed by atoms with Crippen LogP contribution in [0.25, 0.3) is 0 Å². The number of likely N-dealkylation sites (N-methyl/N-ethyl adjacent to an activating group) is 1. The summed E-state index contributed by atoms with van der Waals surface area (Å²) in [6.07, 6.45) is 9.95. The van der Waals surface area contributed by atoms with Crippen LogP contribution in [0.4, 0.5) is 0 Å². The molecule has 0 radical (unpaired) electrons. The average molecular weight is 224 g/mol. The summed E-state index contributed by atoms with van der Waals surface area (Å²) in [6.45, 7) is 4.44. The second kappa shape index (κ2) is 5.05. The second-order valence-corrected chi connectivity index (χ2v) is 6.38. The van der Waals surface area contributed by atoms with Crippen LogP contribution in [0.1, 0.15) is 51.9 Å². The molecule has 1 atom stereocenters. The minimum atomic E-state index is 0.251. The van der Waals surface area contributed by atoms with E-state index in [-0.39, 0.29) is 5.54 Å². The van der Waals surface area contributed by atoms with Crippen LogP contribution in [0.15, 0.2) is 0 Å². The molecule has 2 aliphatic rings. The highest BCUT2D eigenvalue weighted by Crippen LogP contribution is 2.36. The lowest BCUT2D eigenvalue weighted by molar-refractivity contribution is 0.0634. The molecule has 94 valence electrons. The summed E-state index contributed by atoms with van der Waals surface area (Å²) in [6, 6.07) is 0. The number of nitrogens with two attached hydrogens (primary N) is 1. The van der Waals surface area contributed by atoms with Gasteiger partial charge in [0.1, 0.15) is 0 Å². The lowest BCUT2D eigenvalue weighted by atomic mass is 9.75. The third-order valence-corrected chi connectivity index (χ3v) is 5.07. The summed E-state index contributed by atoms with van der Waals surface area (Å²) >= 11 is 0. The highest BCUT2D eigenvalue weighted by atomic mass is 15.2. The van der Waals surface area contributed by atoms with Crippen LogP contribution in [0.2, 0.25) is 0 Å². The molecule has 0 aromatic carbocycles. The Hall–Kier alpha value is -0.0800. The van der Waals surface area contributed by atoms with Crippen molar-refractivity contribution in [1.82, 2.24) is 4.90 Å². The maximum absolute atomic E-state index is 6.03. The molecule has 0 heterocycles. The molecule has 16 heavy (non-hydrogen) atoms. The Labute approximate surface area is 101 Å². The predicted octanol–water partition coefficient (Wildman–Crippen LogP) is 2.63. The molecular weight excluding hydrogens is 196 g/mol. The largest absolute Gasteiger partial charge is 0.329 e. The van der Waals surface area contributed by atoms with E-state index < -0.39 is 0 Å². The molecule has 2 heteroatoms. The van der Waals surface area contributed by atoms with Gasteiger partial charge in [0.2, 0.25) is 0 Å². The molecule has 0 aliphatic heterocycles. The molecule has 2 rings (SSSR count). The van der Waals surface area contributed by atoms with E-state index in [1.54, 1.807) is 0 Å². The summed E-state index contributed by atoms with van der Waals surface area (Å²) < 4.78 is 0. The molecule has 0 saturated heterocycles. The van der Waals surface area contributed by atoms with E-state index in [1.165, 1.54) is 51.5 Å². The Balaban J connectivity index is 1.83. The molecule has 2 nitrogen and oxygen atoms in total. The number of nitrogens with zero attached hydrogens (tertiary/aromatic N) is 1. The molecule has 0 bridgehead atoms. The van der Waals surface area contributed by atoms with Crippen molar-refractivity contribution in [2.24, 2.45) is 17.6 Å². The lowest BCUT2D eigenvalue weighted by Crippen LogP contribution is -2.53. The molecule has 2 aliphatic carbocycles. The minimum Gasteiger partial charge on any atom is -0.329 e. The quantitative estimate of drug-likeness (QED) is 0.751. The van der Waals surface area contributed by atoms with Crippen molar-refractivity contribution in [1.29, 1.82) is 0 Å². The second-order valence-electron chi connectivity index (χ2n) is 6.38. The Morgan fingerprint density at radius 3 is 2.06 bits per heavy atom. The molecule has 0 aromatic rings. The van der Waals surface area contributed by atoms with Gasteiger partial charge in [-0.05, 0) is 45.1 Å². The van der Waals surface area contributed by atoms with Crippen LogP contribution in [0.5, 0.6) is 0 Å². The fraction of sp³-hybridized carbons (Fsp3) is 1.00. The summed E-state index contributed by atoms with van der Waals surface area (Å²) in [5.41, 5.74) is 6.28. The van der Waals surface area contributed by atoms with Crippen LogP contribution < -0.4 is 5.73 Å². The molecule has 0 spiro atoms. The third kappa shape index (κ3) is 2.60. The smallest absolute Gasteiger partial charge is 0.0303 e. The van der Waals surface area contributed by atoms with Crippen molar-refractivity contribution in [2.75, 3.05) is 20.1 Å². The van der Waals surface area contributed by atoms with Gasteiger partial charge in [-0.3, -0.25) is 4.90 Å². The first-order valence-electron chi connectivity index (χ1n) is 7.05. The van der Waals surface area contributed by atoms with E-state index in [0.717, 1.165) is 18.4 Å². The van der Waals surface area contributed by atoms with Crippen molar-refractivity contribution >= 4 is 0 Å². The molecule has 0 aromatic heterocycles. The Morgan fingerprint density at radius 1 is 1.12 bits per heavy atom. The summed E-state index contributed by atoms with van der Waals surface area (Å²) in [4.78, 5) is 2.55. The van der Waals surface area contributed by atoms with E-state index in [9.17, 15) is 0 Å². The molecule has 2 N–H and O–H groups in total. The topological polar surface area (TPSA) is 29.3 Å². The van der Waals surface area contributed by atoms with Crippen LogP contribution >= 0.6 is 0 Å². The van der Waals surface area contributed by atoms with E-state index in [4.69, 9.17) is 5.73 Å². The summed E-state index contributed by atoms with van der Waals surface area (Å²) in [5, 5.41) is 0. The zero-order valence-electron chi connectivity index (χ0n) is 11.0. The van der Waals surface area contributed by atoms with Gasteiger partial charge in [-0.25, -0.2) is 0 Å². The predicted molar refractivity (Wildman–Crippen MR) is 69.4 cm³/mol. The highest BCUT2D eigenvalue weighted by molar-refractivity contribution is 4.91. The van der Waals surface area contributed by atoms with E-state index in [1.807, 2.05) is 0 Å². The lowest BCUT2D eigenvalue weighted by Gasteiger charge is -2.45. The van der Waals surface area contributed by atoms with Crippen molar-refractivity contribution in [3.63, 3.8) is 0 Å². The van der Waals surface area contributed by atoms with Gasteiger partial charge in [0.15, 0.2) is 0 Å². The highest BCUT2D eigenvalue weighted by Gasteiger charge is 2.34. The van der Waals surface area contributed by atoms with Gasteiger partial charge in [0.05, 0.1) is 0 Å². The maximum atomic E-state index is 6.03. The van der Waals surface area contributed by atoms with E-state index in [2.05, 4.69) is 18.9 Å². The SMILES string of the molecule is CN(CC1CCC1)C(C)(CN)CC1CCC1. The Morgan fingerprint density at radius 2 is 1.69 bits per heavy atom. The van der Waals surface area contributed by atoms with Crippen molar-refractivity contribution in [3.8, 4) is 0 Å². The van der Waals surface area contributed by atoms with Gasteiger partial charge in [0, 0.05) is 18.6 Å².